The van der Waals surface area contributed by atoms with Crippen LogP contribution in [-0.2, 0) is 15.3 Å². The molecule has 2 aromatic rings. The number of anilines is 1. The molecule has 0 saturated carbocycles. The normalized spacial score (nSPS) is 11.3. The number of esters is 1. The van der Waals surface area contributed by atoms with Gasteiger partial charge in [-0.05, 0) is 5.41 Å². The van der Waals surface area contributed by atoms with E-state index in [1.807, 2.05) is 20.8 Å². The summed E-state index contributed by atoms with van der Waals surface area (Å²) in [5, 5.41) is 10.9. The standard InChI is InChI=1S/C17H21N3O5S2/c1-5-13(22)18-15-19-20-16(27-15)26-9-10-6-11(21)12(8-24-10)25-14(23)7-17(2,3)4/h6,8H,5,7,9H2,1-4H3,(H,18,19,22). The summed E-state index contributed by atoms with van der Waals surface area (Å²) in [5.74, 6) is 0.0214. The molecular weight excluding hydrogens is 390 g/mol. The van der Waals surface area contributed by atoms with Crippen LogP contribution >= 0.6 is 23.1 Å². The molecular formula is C17H21N3O5S2. The minimum atomic E-state index is -0.479. The van der Waals surface area contributed by atoms with E-state index in [9.17, 15) is 14.4 Å². The Bertz CT molecular complexity index is 870. The number of nitrogens with zero attached hydrogens (tertiary/aromatic N) is 2. The van der Waals surface area contributed by atoms with Gasteiger partial charge in [0.15, 0.2) is 4.34 Å². The first-order chi connectivity index (χ1) is 12.7. The Kier molecular flexibility index (Phi) is 7.14. The average molecular weight is 412 g/mol. The zero-order valence-corrected chi connectivity index (χ0v) is 17.2. The number of hydrogen-bond acceptors (Lipinski definition) is 9. The minimum absolute atomic E-state index is 0.126. The Labute approximate surface area is 164 Å². The summed E-state index contributed by atoms with van der Waals surface area (Å²) >= 11 is 2.56. The van der Waals surface area contributed by atoms with Crippen LogP contribution in [0.15, 0.2) is 25.9 Å². The number of carbonyl (C=O) groups excluding carboxylic acids is 2. The first-order valence-electron chi connectivity index (χ1n) is 8.25. The number of carbonyl (C=O) groups is 2. The van der Waals surface area contributed by atoms with Gasteiger partial charge in [-0.1, -0.05) is 50.8 Å². The summed E-state index contributed by atoms with van der Waals surface area (Å²) in [6, 6.07) is 1.29. The van der Waals surface area contributed by atoms with E-state index in [2.05, 4.69) is 15.5 Å². The zero-order chi connectivity index (χ0) is 20.0. The van der Waals surface area contributed by atoms with Crippen molar-refractivity contribution in [1.82, 2.24) is 10.2 Å². The van der Waals surface area contributed by atoms with E-state index < -0.39 is 11.4 Å². The van der Waals surface area contributed by atoms with Crippen molar-refractivity contribution in [2.24, 2.45) is 5.41 Å². The molecule has 2 rings (SSSR count). The zero-order valence-electron chi connectivity index (χ0n) is 15.5. The highest BCUT2D eigenvalue weighted by molar-refractivity contribution is 8.00. The second kappa shape index (κ2) is 9.14. The number of aromatic nitrogens is 2. The maximum Gasteiger partial charge on any atom is 0.311 e. The van der Waals surface area contributed by atoms with Crippen LogP contribution in [0.3, 0.4) is 0 Å². The number of hydrogen-bond donors (Lipinski definition) is 1. The SMILES string of the molecule is CCC(=O)Nc1nnc(SCc2cc(=O)c(OC(=O)CC(C)(C)C)co2)s1. The van der Waals surface area contributed by atoms with Crippen LogP contribution in [0.2, 0.25) is 0 Å². The van der Waals surface area contributed by atoms with Gasteiger partial charge in [0.1, 0.15) is 12.0 Å². The molecule has 10 heteroatoms. The summed E-state index contributed by atoms with van der Waals surface area (Å²) in [5.41, 5.74) is -0.655. The van der Waals surface area contributed by atoms with Gasteiger partial charge in [-0.2, -0.15) is 0 Å². The van der Waals surface area contributed by atoms with Crippen molar-refractivity contribution in [3.05, 3.63) is 28.3 Å². The molecule has 1 N–H and O–H groups in total. The molecule has 8 nitrogen and oxygen atoms in total. The van der Waals surface area contributed by atoms with Gasteiger partial charge in [0.2, 0.25) is 22.2 Å². The number of ether oxygens (including phenoxy) is 1. The van der Waals surface area contributed by atoms with Crippen molar-refractivity contribution in [2.45, 2.75) is 50.6 Å². The molecule has 0 aliphatic heterocycles. The van der Waals surface area contributed by atoms with Gasteiger partial charge in [0, 0.05) is 12.5 Å². The van der Waals surface area contributed by atoms with Crippen molar-refractivity contribution < 1.29 is 18.7 Å². The largest absolute Gasteiger partial charge is 0.464 e. The first-order valence-corrected chi connectivity index (χ1v) is 10.0. The molecule has 146 valence electrons. The van der Waals surface area contributed by atoms with E-state index in [1.165, 1.54) is 29.2 Å². The van der Waals surface area contributed by atoms with E-state index in [0.717, 1.165) is 6.26 Å². The lowest BCUT2D eigenvalue weighted by molar-refractivity contribution is -0.136. The van der Waals surface area contributed by atoms with Crippen LogP contribution in [0.5, 0.6) is 5.75 Å². The van der Waals surface area contributed by atoms with E-state index >= 15 is 0 Å². The minimum Gasteiger partial charge on any atom is -0.464 e. The van der Waals surface area contributed by atoms with Crippen molar-refractivity contribution in [3.8, 4) is 5.75 Å². The van der Waals surface area contributed by atoms with Crippen LogP contribution in [0.25, 0.3) is 0 Å². The topological polar surface area (TPSA) is 111 Å². The maximum atomic E-state index is 12.1. The van der Waals surface area contributed by atoms with Crippen molar-refractivity contribution in [3.63, 3.8) is 0 Å². The second-order valence-corrected chi connectivity index (χ2v) is 9.05. The quantitative estimate of drug-likeness (QED) is 0.419. The van der Waals surface area contributed by atoms with E-state index in [1.54, 1.807) is 6.92 Å². The lowest BCUT2D eigenvalue weighted by Gasteiger charge is -2.16. The third kappa shape index (κ3) is 7.14. The Hall–Kier alpha value is -2.20. The summed E-state index contributed by atoms with van der Waals surface area (Å²) in [6.07, 6.45) is 1.70. The lowest BCUT2D eigenvalue weighted by Crippen LogP contribution is -2.20. The number of rotatable bonds is 7. The molecule has 0 aliphatic carbocycles. The lowest BCUT2D eigenvalue weighted by atomic mass is 9.92. The second-order valence-electron chi connectivity index (χ2n) is 6.85. The highest BCUT2D eigenvalue weighted by Crippen LogP contribution is 2.28. The summed E-state index contributed by atoms with van der Waals surface area (Å²) in [7, 11) is 0. The molecule has 0 unspecified atom stereocenters. The van der Waals surface area contributed by atoms with Gasteiger partial charge in [-0.25, -0.2) is 0 Å². The molecule has 0 bridgehead atoms. The maximum absolute atomic E-state index is 12.1. The molecule has 0 spiro atoms. The number of amides is 1. The molecule has 0 atom stereocenters. The molecule has 0 fully saturated rings. The fourth-order valence-electron chi connectivity index (χ4n) is 1.84. The molecule has 2 heterocycles. The van der Waals surface area contributed by atoms with Crippen LogP contribution in [0.1, 0.15) is 46.3 Å². The van der Waals surface area contributed by atoms with Crippen molar-refractivity contribution in [1.29, 1.82) is 0 Å². The molecule has 0 radical (unpaired) electrons. The summed E-state index contributed by atoms with van der Waals surface area (Å²) in [6.45, 7) is 7.47. The fraction of sp³-hybridized carbons (Fsp3) is 0.471. The van der Waals surface area contributed by atoms with E-state index in [4.69, 9.17) is 9.15 Å². The third-order valence-electron chi connectivity index (χ3n) is 3.06. The highest BCUT2D eigenvalue weighted by Gasteiger charge is 2.19. The van der Waals surface area contributed by atoms with Crippen LogP contribution in [0.4, 0.5) is 5.13 Å². The fourth-order valence-corrected chi connectivity index (χ4v) is 3.50. The van der Waals surface area contributed by atoms with Gasteiger partial charge < -0.3 is 14.5 Å². The van der Waals surface area contributed by atoms with Gasteiger partial charge in [-0.15, -0.1) is 10.2 Å². The van der Waals surface area contributed by atoms with Crippen molar-refractivity contribution >= 4 is 40.1 Å². The monoisotopic (exact) mass is 411 g/mol. The first kappa shape index (κ1) is 21.1. The number of thioether (sulfide) groups is 1. The Morgan fingerprint density at radius 2 is 2.07 bits per heavy atom. The Morgan fingerprint density at radius 3 is 2.70 bits per heavy atom. The van der Waals surface area contributed by atoms with Crippen LogP contribution < -0.4 is 15.5 Å². The average Bonchev–Trinajstić information content (AvgIpc) is 3.00. The molecule has 0 aromatic carbocycles. The van der Waals surface area contributed by atoms with E-state index in [-0.39, 0.29) is 23.5 Å². The third-order valence-corrected chi connectivity index (χ3v) is 5.06. The smallest absolute Gasteiger partial charge is 0.311 e. The Balaban J connectivity index is 1.93. The number of nitrogens with one attached hydrogen (secondary N) is 1. The Morgan fingerprint density at radius 1 is 1.33 bits per heavy atom. The predicted molar refractivity (Wildman–Crippen MR) is 103 cm³/mol. The summed E-state index contributed by atoms with van der Waals surface area (Å²) < 4.78 is 11.1. The predicted octanol–water partition coefficient (Wildman–Crippen LogP) is 3.47. The van der Waals surface area contributed by atoms with Crippen LogP contribution in [0, 0.1) is 5.41 Å². The molecule has 27 heavy (non-hydrogen) atoms. The van der Waals surface area contributed by atoms with Gasteiger partial charge in [0.25, 0.3) is 0 Å². The molecule has 2 aromatic heterocycles. The van der Waals surface area contributed by atoms with Gasteiger partial charge in [-0.3, -0.25) is 14.4 Å². The summed E-state index contributed by atoms with van der Waals surface area (Å²) in [4.78, 5) is 35.2. The van der Waals surface area contributed by atoms with E-state index in [0.29, 0.717) is 27.4 Å². The molecule has 1 amide bonds. The van der Waals surface area contributed by atoms with Crippen LogP contribution in [-0.4, -0.2) is 22.1 Å². The highest BCUT2D eigenvalue weighted by atomic mass is 32.2. The molecule has 0 saturated heterocycles. The van der Waals surface area contributed by atoms with Crippen molar-refractivity contribution in [2.75, 3.05) is 5.32 Å². The molecule has 0 aliphatic rings. The van der Waals surface area contributed by atoms with Gasteiger partial charge in [0.05, 0.1) is 12.2 Å². The van der Waals surface area contributed by atoms with Gasteiger partial charge >= 0.3 is 5.97 Å².